The van der Waals surface area contributed by atoms with Crippen LogP contribution in [0.25, 0.3) is 0 Å². The Morgan fingerprint density at radius 3 is 2.39 bits per heavy atom. The molecule has 28 heavy (non-hydrogen) atoms. The maximum absolute atomic E-state index is 13.0. The molecule has 0 saturated carbocycles. The minimum Gasteiger partial charge on any atom is -0.334 e. The number of rotatable bonds is 6. The third-order valence-electron chi connectivity index (χ3n) is 4.59. The predicted octanol–water partition coefficient (Wildman–Crippen LogP) is 2.87. The van der Waals surface area contributed by atoms with Crippen LogP contribution in [0, 0.1) is 5.82 Å². The van der Waals surface area contributed by atoms with Crippen molar-refractivity contribution in [3.8, 4) is 0 Å². The van der Waals surface area contributed by atoms with Gasteiger partial charge in [-0.15, -0.1) is 12.4 Å². The lowest BCUT2D eigenvalue weighted by Crippen LogP contribution is -2.40. The number of hydrogen-bond acceptors (Lipinski definition) is 4. The summed E-state index contributed by atoms with van der Waals surface area (Å²) in [6.07, 6.45) is 1.95. The van der Waals surface area contributed by atoms with Crippen molar-refractivity contribution >= 4 is 34.0 Å². The molecule has 0 aliphatic carbocycles. The van der Waals surface area contributed by atoms with E-state index in [1.165, 1.54) is 12.1 Å². The smallest absolute Gasteiger partial charge is 0.261 e. The van der Waals surface area contributed by atoms with Gasteiger partial charge in [0.05, 0.1) is 4.90 Å². The predicted molar refractivity (Wildman–Crippen MR) is 109 cm³/mol. The first kappa shape index (κ1) is 22.1. The van der Waals surface area contributed by atoms with Crippen molar-refractivity contribution in [2.24, 2.45) is 0 Å². The Kier molecular flexibility index (Phi) is 7.40. The summed E-state index contributed by atoms with van der Waals surface area (Å²) >= 11 is 0. The second-order valence-electron chi connectivity index (χ2n) is 6.49. The summed E-state index contributed by atoms with van der Waals surface area (Å²) in [7, 11) is -1.95. The number of likely N-dealkylation sites (tertiary alicyclic amines) is 1. The summed E-state index contributed by atoms with van der Waals surface area (Å²) < 4.78 is 40.1. The number of hydrogen-bond donors (Lipinski definition) is 2. The second-order valence-corrected chi connectivity index (χ2v) is 8.17. The number of likely N-dealkylation sites (N-methyl/N-ethyl adjacent to an activating group) is 1. The molecule has 0 bridgehead atoms. The molecule has 3 rings (SSSR count). The number of nitrogens with zero attached hydrogens (tertiary/aromatic N) is 1. The fourth-order valence-corrected chi connectivity index (χ4v) is 4.28. The quantitative estimate of drug-likeness (QED) is 0.743. The number of carbonyl (C=O) groups excluding carboxylic acids is 1. The molecule has 1 unspecified atom stereocenters. The van der Waals surface area contributed by atoms with Crippen molar-refractivity contribution in [2.45, 2.75) is 23.8 Å². The fourth-order valence-electron chi connectivity index (χ4n) is 3.23. The molecule has 1 aliphatic rings. The molecular formula is C19H23ClFN3O3S. The molecule has 2 aromatic carbocycles. The van der Waals surface area contributed by atoms with Crippen LogP contribution in [0.15, 0.2) is 53.4 Å². The fraction of sp³-hybridized carbons (Fsp3) is 0.316. The van der Waals surface area contributed by atoms with Gasteiger partial charge in [0.2, 0.25) is 0 Å². The summed E-state index contributed by atoms with van der Waals surface area (Å²) in [6.45, 7) is 1.48. The lowest BCUT2D eigenvalue weighted by atomic mass is 10.1. The first-order valence-corrected chi connectivity index (χ1v) is 10.2. The zero-order valence-electron chi connectivity index (χ0n) is 15.4. The highest BCUT2D eigenvalue weighted by Gasteiger charge is 2.28. The monoisotopic (exact) mass is 427 g/mol. The van der Waals surface area contributed by atoms with Crippen LogP contribution in [0.2, 0.25) is 0 Å². The summed E-state index contributed by atoms with van der Waals surface area (Å²) in [6, 6.07) is 11.1. The summed E-state index contributed by atoms with van der Waals surface area (Å²) in [5.41, 5.74) is 0.854. The van der Waals surface area contributed by atoms with Gasteiger partial charge in [-0.3, -0.25) is 9.52 Å². The maximum atomic E-state index is 13.0. The Balaban J connectivity index is 0.00000280. The molecule has 1 amide bonds. The molecule has 1 fully saturated rings. The van der Waals surface area contributed by atoms with Crippen molar-refractivity contribution < 1.29 is 17.6 Å². The number of amides is 1. The van der Waals surface area contributed by atoms with E-state index in [0.717, 1.165) is 38.1 Å². The number of carbonyl (C=O) groups is 1. The van der Waals surface area contributed by atoms with E-state index < -0.39 is 15.8 Å². The highest BCUT2D eigenvalue weighted by atomic mass is 35.5. The molecule has 1 heterocycles. The summed E-state index contributed by atoms with van der Waals surface area (Å²) in [4.78, 5) is 14.5. The Hall–Kier alpha value is -2.16. The van der Waals surface area contributed by atoms with Crippen LogP contribution in [0.3, 0.4) is 0 Å². The van der Waals surface area contributed by atoms with Crippen LogP contribution >= 0.6 is 12.4 Å². The zero-order chi connectivity index (χ0) is 19.4. The first-order chi connectivity index (χ1) is 12.9. The average molecular weight is 428 g/mol. The van der Waals surface area contributed by atoms with Crippen LogP contribution < -0.4 is 10.0 Å². The van der Waals surface area contributed by atoms with Crippen LogP contribution in [0.4, 0.5) is 10.1 Å². The van der Waals surface area contributed by atoms with Gasteiger partial charge in [0.25, 0.3) is 15.9 Å². The highest BCUT2D eigenvalue weighted by Crippen LogP contribution is 2.22. The van der Waals surface area contributed by atoms with Crippen molar-refractivity contribution in [1.82, 2.24) is 10.2 Å². The van der Waals surface area contributed by atoms with E-state index in [2.05, 4.69) is 10.0 Å². The Labute approximate surface area is 170 Å². The summed E-state index contributed by atoms with van der Waals surface area (Å²) in [5.74, 6) is -0.559. The van der Waals surface area contributed by atoms with Gasteiger partial charge in [0, 0.05) is 30.4 Å². The van der Waals surface area contributed by atoms with E-state index in [-0.39, 0.29) is 29.3 Å². The molecule has 0 spiro atoms. The van der Waals surface area contributed by atoms with Crippen molar-refractivity contribution in [1.29, 1.82) is 0 Å². The molecular weight excluding hydrogens is 405 g/mol. The topological polar surface area (TPSA) is 78.5 Å². The van der Waals surface area contributed by atoms with Gasteiger partial charge in [-0.25, -0.2) is 12.8 Å². The molecule has 1 atom stereocenters. The molecule has 1 saturated heterocycles. The van der Waals surface area contributed by atoms with E-state index in [0.29, 0.717) is 11.3 Å². The van der Waals surface area contributed by atoms with Gasteiger partial charge in [0.15, 0.2) is 0 Å². The molecule has 1 aliphatic heterocycles. The second kappa shape index (κ2) is 9.36. The maximum Gasteiger partial charge on any atom is 0.261 e. The third kappa shape index (κ3) is 5.01. The van der Waals surface area contributed by atoms with E-state index in [1.54, 1.807) is 24.3 Å². The van der Waals surface area contributed by atoms with Gasteiger partial charge in [-0.1, -0.05) is 0 Å². The average Bonchev–Trinajstić information content (AvgIpc) is 3.10. The molecule has 9 heteroatoms. The van der Waals surface area contributed by atoms with Gasteiger partial charge < -0.3 is 10.2 Å². The van der Waals surface area contributed by atoms with Crippen molar-refractivity contribution in [3.05, 3.63) is 59.9 Å². The zero-order valence-corrected chi connectivity index (χ0v) is 17.0. The first-order valence-electron chi connectivity index (χ1n) is 8.75. The molecule has 0 radical (unpaired) electrons. The lowest BCUT2D eigenvalue weighted by Gasteiger charge is -2.24. The molecule has 152 valence electrons. The van der Waals surface area contributed by atoms with Crippen LogP contribution in [-0.2, 0) is 10.0 Å². The van der Waals surface area contributed by atoms with Crippen molar-refractivity contribution in [2.75, 3.05) is 24.9 Å². The molecule has 2 N–H and O–H groups in total. The van der Waals surface area contributed by atoms with Crippen molar-refractivity contribution in [3.63, 3.8) is 0 Å². The van der Waals surface area contributed by atoms with Gasteiger partial charge in [-0.05, 0) is 68.4 Å². The van der Waals surface area contributed by atoms with E-state index in [1.807, 2.05) is 11.9 Å². The van der Waals surface area contributed by atoms with Crippen LogP contribution in [-0.4, -0.2) is 45.4 Å². The number of halogens is 2. The SMILES string of the molecule is CNCC1CCCN1C(=O)c1ccc(NS(=O)(=O)c2ccc(F)cc2)cc1.Cl. The minimum atomic E-state index is -3.82. The normalized spacial score (nSPS) is 16.5. The minimum absolute atomic E-state index is 0. The Morgan fingerprint density at radius 1 is 1.14 bits per heavy atom. The number of benzene rings is 2. The van der Waals surface area contributed by atoms with Crippen LogP contribution in [0.1, 0.15) is 23.2 Å². The van der Waals surface area contributed by atoms with Crippen LogP contribution in [0.5, 0.6) is 0 Å². The van der Waals surface area contributed by atoms with Gasteiger partial charge in [0.1, 0.15) is 5.82 Å². The molecule has 2 aromatic rings. The van der Waals surface area contributed by atoms with E-state index >= 15 is 0 Å². The number of nitrogens with one attached hydrogen (secondary N) is 2. The third-order valence-corrected chi connectivity index (χ3v) is 5.98. The Morgan fingerprint density at radius 2 is 1.79 bits per heavy atom. The molecule has 6 nitrogen and oxygen atoms in total. The van der Waals surface area contributed by atoms with Gasteiger partial charge in [-0.2, -0.15) is 0 Å². The lowest BCUT2D eigenvalue weighted by molar-refractivity contribution is 0.0737. The summed E-state index contributed by atoms with van der Waals surface area (Å²) in [5, 5.41) is 3.11. The number of sulfonamides is 1. The molecule has 0 aromatic heterocycles. The van der Waals surface area contributed by atoms with E-state index in [9.17, 15) is 17.6 Å². The van der Waals surface area contributed by atoms with Gasteiger partial charge >= 0.3 is 0 Å². The highest BCUT2D eigenvalue weighted by molar-refractivity contribution is 7.92. The van der Waals surface area contributed by atoms with E-state index in [4.69, 9.17) is 0 Å². The standard InChI is InChI=1S/C19H22FN3O3S.ClH/c1-21-13-17-3-2-12-23(17)19(24)14-4-8-16(9-5-14)22-27(25,26)18-10-6-15(20)7-11-18;/h4-11,17,21-22H,2-3,12-13H2,1H3;1H. The largest absolute Gasteiger partial charge is 0.334 e. The Bertz CT molecular complexity index is 905. The number of anilines is 1.